The number of nitrogens with zero attached hydrogens (tertiary/aromatic N) is 3. The van der Waals surface area contributed by atoms with Crippen LogP contribution in [-0.4, -0.2) is 56.7 Å². The second-order valence-electron chi connectivity index (χ2n) is 8.57. The van der Waals surface area contributed by atoms with E-state index in [2.05, 4.69) is 15.7 Å². The van der Waals surface area contributed by atoms with E-state index in [9.17, 15) is 18.8 Å². The van der Waals surface area contributed by atoms with Crippen LogP contribution in [0.5, 0.6) is 0 Å². The molecule has 8 nitrogen and oxygen atoms in total. The van der Waals surface area contributed by atoms with Crippen LogP contribution in [0.3, 0.4) is 0 Å². The zero-order chi connectivity index (χ0) is 22.2. The molecule has 2 atom stereocenters. The van der Waals surface area contributed by atoms with E-state index >= 15 is 0 Å². The Morgan fingerprint density at radius 3 is 2.71 bits per heavy atom. The summed E-state index contributed by atoms with van der Waals surface area (Å²) >= 11 is 0. The maximum Gasteiger partial charge on any atom is 0.276 e. The van der Waals surface area contributed by atoms with Gasteiger partial charge >= 0.3 is 0 Å². The number of hydrogen-bond acceptors (Lipinski definition) is 4. The average molecular weight is 429 g/mol. The van der Waals surface area contributed by atoms with Crippen LogP contribution in [0.15, 0.2) is 30.0 Å². The van der Waals surface area contributed by atoms with Crippen LogP contribution in [0.1, 0.15) is 66.9 Å². The van der Waals surface area contributed by atoms with Gasteiger partial charge in [0.25, 0.3) is 11.8 Å². The van der Waals surface area contributed by atoms with Gasteiger partial charge in [0.15, 0.2) is 5.69 Å². The van der Waals surface area contributed by atoms with Crippen LogP contribution in [0, 0.1) is 0 Å². The van der Waals surface area contributed by atoms with Crippen molar-refractivity contribution >= 4 is 17.7 Å². The lowest BCUT2D eigenvalue weighted by atomic mass is 9.94. The van der Waals surface area contributed by atoms with Gasteiger partial charge in [-0.05, 0) is 38.8 Å². The quantitative estimate of drug-likeness (QED) is 0.749. The summed E-state index contributed by atoms with van der Waals surface area (Å²) in [6, 6.07) is 1.58. The molecule has 0 aromatic carbocycles. The molecule has 0 spiro atoms. The molecule has 1 saturated carbocycles. The molecule has 1 aromatic rings. The number of fused-ring (bicyclic) bond motifs is 1. The first-order valence-electron chi connectivity index (χ1n) is 10.9. The zero-order valence-electron chi connectivity index (χ0n) is 17.9. The second kappa shape index (κ2) is 8.28. The first-order valence-corrected chi connectivity index (χ1v) is 10.9. The fourth-order valence-electron chi connectivity index (χ4n) is 4.54. The Bertz CT molecular complexity index is 962. The van der Waals surface area contributed by atoms with Crippen molar-refractivity contribution < 1.29 is 18.8 Å². The van der Waals surface area contributed by atoms with E-state index in [1.165, 1.54) is 22.9 Å². The maximum atomic E-state index is 13.2. The van der Waals surface area contributed by atoms with Crippen molar-refractivity contribution in [1.82, 2.24) is 25.3 Å². The fourth-order valence-corrected chi connectivity index (χ4v) is 4.54. The van der Waals surface area contributed by atoms with Gasteiger partial charge in [-0.2, -0.15) is 5.10 Å². The van der Waals surface area contributed by atoms with Crippen molar-refractivity contribution in [2.75, 3.05) is 6.54 Å². The molecule has 9 heteroatoms. The van der Waals surface area contributed by atoms with Crippen LogP contribution in [-0.2, 0) is 11.3 Å². The van der Waals surface area contributed by atoms with E-state index in [4.69, 9.17) is 0 Å². The van der Waals surface area contributed by atoms with E-state index in [1.54, 1.807) is 17.9 Å². The van der Waals surface area contributed by atoms with Gasteiger partial charge in [0.05, 0.1) is 6.54 Å². The van der Waals surface area contributed by atoms with Gasteiger partial charge in [-0.3, -0.25) is 19.1 Å². The molecule has 2 unspecified atom stereocenters. The topological polar surface area (TPSA) is 96.3 Å². The lowest BCUT2D eigenvalue weighted by Gasteiger charge is -2.43. The molecule has 0 saturated heterocycles. The Balaban J connectivity index is 1.55. The predicted molar refractivity (Wildman–Crippen MR) is 112 cm³/mol. The molecule has 2 N–H and O–H groups in total. The number of allylic oxidation sites excluding steroid dienone is 3. The summed E-state index contributed by atoms with van der Waals surface area (Å²) in [5.41, 5.74) is -0.245. The number of nitrogens with one attached hydrogen (secondary N) is 2. The molecule has 1 aliphatic heterocycles. The highest BCUT2D eigenvalue weighted by atomic mass is 19.1. The zero-order valence-corrected chi connectivity index (χ0v) is 17.9. The van der Waals surface area contributed by atoms with Gasteiger partial charge < -0.3 is 15.5 Å². The van der Waals surface area contributed by atoms with E-state index in [-0.39, 0.29) is 42.2 Å². The molecular weight excluding hydrogens is 401 g/mol. The van der Waals surface area contributed by atoms with Crippen molar-refractivity contribution in [1.29, 1.82) is 0 Å². The summed E-state index contributed by atoms with van der Waals surface area (Å²) in [6.45, 7) is 4.11. The minimum atomic E-state index is -1.09. The smallest absolute Gasteiger partial charge is 0.276 e. The number of aromatic nitrogens is 2. The van der Waals surface area contributed by atoms with Crippen LogP contribution in [0.2, 0.25) is 0 Å². The summed E-state index contributed by atoms with van der Waals surface area (Å²) in [5, 5.41) is 10.1. The normalized spacial score (nSPS) is 25.9. The summed E-state index contributed by atoms with van der Waals surface area (Å²) < 4.78 is 14.7. The third-order valence-electron chi connectivity index (χ3n) is 6.33. The predicted octanol–water partition coefficient (Wildman–Crippen LogP) is 2.09. The van der Waals surface area contributed by atoms with Gasteiger partial charge in [-0.1, -0.05) is 18.9 Å². The Morgan fingerprint density at radius 1 is 1.32 bits per heavy atom. The van der Waals surface area contributed by atoms with E-state index < -0.39 is 17.6 Å². The summed E-state index contributed by atoms with van der Waals surface area (Å²) in [7, 11) is 0. The number of likely N-dealkylation sites (N-methyl/N-ethyl adjacent to an activating group) is 1. The molecule has 3 aliphatic rings. The SMILES string of the molecule is CCN1C(=O)c2cc(C(=O)NC3=CCC(F)C=C3)nn2CC1(C)C(=O)NC1CCCC1. The van der Waals surface area contributed by atoms with E-state index in [1.807, 2.05) is 6.92 Å². The molecular formula is C22H28FN5O3. The van der Waals surface area contributed by atoms with Crippen LogP contribution < -0.4 is 10.6 Å². The van der Waals surface area contributed by atoms with Crippen molar-refractivity contribution in [3.63, 3.8) is 0 Å². The van der Waals surface area contributed by atoms with Gasteiger partial charge in [0, 0.05) is 30.8 Å². The largest absolute Gasteiger partial charge is 0.351 e. The molecule has 0 radical (unpaired) electrons. The Morgan fingerprint density at radius 2 is 2.06 bits per heavy atom. The highest BCUT2D eigenvalue weighted by Crippen LogP contribution is 2.28. The Labute approximate surface area is 180 Å². The molecule has 2 aliphatic carbocycles. The number of hydrogen-bond donors (Lipinski definition) is 2. The number of alkyl halides is 1. The van der Waals surface area contributed by atoms with E-state index in [0.29, 0.717) is 12.2 Å². The van der Waals surface area contributed by atoms with Gasteiger partial charge in [-0.15, -0.1) is 0 Å². The Kier molecular flexibility index (Phi) is 5.68. The first kappa shape index (κ1) is 21.3. The van der Waals surface area contributed by atoms with Gasteiger partial charge in [0.2, 0.25) is 5.91 Å². The standard InChI is InChI=1S/C22H28FN5O3/c1-3-27-20(30)18-12-17(19(29)24-16-10-8-14(23)9-11-16)26-28(18)13-22(27,2)21(31)25-15-6-4-5-7-15/h8,10-12,14-15H,3-7,9,13H2,1-2H3,(H,24,29)(H,25,31). The van der Waals surface area contributed by atoms with Gasteiger partial charge in [-0.25, -0.2) is 4.39 Å². The van der Waals surface area contributed by atoms with Crippen molar-refractivity contribution in [3.05, 3.63) is 41.4 Å². The number of carbonyl (C=O) groups is 3. The van der Waals surface area contributed by atoms with Crippen LogP contribution >= 0.6 is 0 Å². The number of halogens is 1. The fraction of sp³-hybridized carbons (Fsp3) is 0.545. The minimum Gasteiger partial charge on any atom is -0.351 e. The summed E-state index contributed by atoms with van der Waals surface area (Å²) in [5.74, 6) is -1.01. The highest BCUT2D eigenvalue weighted by molar-refractivity contribution is 6.02. The monoisotopic (exact) mass is 429 g/mol. The second-order valence-corrected chi connectivity index (χ2v) is 8.57. The van der Waals surface area contributed by atoms with Crippen LogP contribution in [0.4, 0.5) is 4.39 Å². The molecule has 3 amide bonds. The van der Waals surface area contributed by atoms with Crippen molar-refractivity contribution in [2.24, 2.45) is 0 Å². The van der Waals surface area contributed by atoms with Gasteiger partial charge in [0.1, 0.15) is 17.4 Å². The third kappa shape index (κ3) is 4.00. The lowest BCUT2D eigenvalue weighted by Crippen LogP contribution is -2.64. The molecule has 1 fully saturated rings. The first-order chi connectivity index (χ1) is 14.8. The number of carbonyl (C=O) groups excluding carboxylic acids is 3. The molecule has 4 rings (SSSR count). The summed E-state index contributed by atoms with van der Waals surface area (Å²) in [4.78, 5) is 40.5. The Hall–Kier alpha value is -2.97. The molecule has 166 valence electrons. The third-order valence-corrected chi connectivity index (χ3v) is 6.33. The minimum absolute atomic E-state index is 0.0801. The van der Waals surface area contributed by atoms with Crippen molar-refractivity contribution in [3.8, 4) is 0 Å². The van der Waals surface area contributed by atoms with E-state index in [0.717, 1.165) is 25.7 Å². The maximum absolute atomic E-state index is 13.2. The molecule has 0 bridgehead atoms. The molecule has 2 heterocycles. The molecule has 1 aromatic heterocycles. The number of rotatable bonds is 5. The van der Waals surface area contributed by atoms with Crippen LogP contribution in [0.25, 0.3) is 0 Å². The average Bonchev–Trinajstić information content (AvgIpc) is 3.40. The summed E-state index contributed by atoms with van der Waals surface area (Å²) in [6.07, 6.45) is 7.73. The lowest BCUT2D eigenvalue weighted by molar-refractivity contribution is -0.133. The van der Waals surface area contributed by atoms with Crippen molar-refractivity contribution in [2.45, 2.75) is 70.2 Å². The molecule has 31 heavy (non-hydrogen) atoms. The number of amides is 3. The highest BCUT2D eigenvalue weighted by Gasteiger charge is 2.48.